The molecule has 0 aliphatic carbocycles. The van der Waals surface area contributed by atoms with Crippen LogP contribution in [0.25, 0.3) is 33.4 Å². The summed E-state index contributed by atoms with van der Waals surface area (Å²) in [5.41, 5.74) is 1.33. The molecule has 72 heavy (non-hydrogen) atoms. The second-order valence-electron chi connectivity index (χ2n) is 17.4. The van der Waals surface area contributed by atoms with Gasteiger partial charge in [-0.3, -0.25) is 0 Å². The molecule has 0 saturated carbocycles. The van der Waals surface area contributed by atoms with E-state index in [0.29, 0.717) is 37.2 Å². The van der Waals surface area contributed by atoms with Crippen LogP contribution in [0, 0.1) is 69.2 Å². The van der Waals surface area contributed by atoms with Crippen LogP contribution in [0.15, 0.2) is 97.1 Å². The lowest BCUT2D eigenvalue weighted by atomic mass is 10.0. The van der Waals surface area contributed by atoms with Gasteiger partial charge in [-0.2, -0.15) is 28.1 Å². The summed E-state index contributed by atoms with van der Waals surface area (Å²) < 4.78 is 143. The van der Waals surface area contributed by atoms with Crippen molar-refractivity contribution in [2.45, 2.75) is 103 Å². The summed E-state index contributed by atoms with van der Waals surface area (Å²) in [5.74, 6) is -19.0. The predicted octanol–water partition coefficient (Wildman–Crippen LogP) is 16.7. The second kappa shape index (κ2) is 28.1. The van der Waals surface area contributed by atoms with Gasteiger partial charge in [-0.05, 0) is 96.5 Å². The quantitative estimate of drug-likeness (QED) is 0.0264. The SMILES string of the molecule is N#Cc1ccc(-c2ccc(OCCCCCCCCCCOc3c(F)c(F)c(-c4c(F)c(F)c(OCCCCCCCCCCOc5ccc(-c6ccc(C#N)cc6)cc5)c(F)c4F)c(F)c3F)cc2)cc1. The van der Waals surface area contributed by atoms with E-state index >= 15 is 35.1 Å². The summed E-state index contributed by atoms with van der Waals surface area (Å²) in [6.07, 6.45) is 12.4. The van der Waals surface area contributed by atoms with Crippen LogP contribution >= 0.6 is 0 Å². The van der Waals surface area contributed by atoms with Crippen LogP contribution in [0.2, 0.25) is 0 Å². The van der Waals surface area contributed by atoms with E-state index in [2.05, 4.69) is 12.1 Å². The summed E-state index contributed by atoms with van der Waals surface area (Å²) in [6.45, 7) is 0.472. The molecule has 0 fully saturated rings. The Morgan fingerprint density at radius 2 is 0.500 bits per heavy atom. The fourth-order valence-electron chi connectivity index (χ4n) is 8.14. The van der Waals surface area contributed by atoms with E-state index in [0.717, 1.165) is 111 Å². The van der Waals surface area contributed by atoms with Crippen molar-refractivity contribution in [1.29, 1.82) is 10.5 Å². The van der Waals surface area contributed by atoms with Gasteiger partial charge in [0.15, 0.2) is 34.8 Å². The van der Waals surface area contributed by atoms with Gasteiger partial charge in [-0.25, -0.2) is 17.6 Å². The van der Waals surface area contributed by atoms with Crippen LogP contribution in [0.4, 0.5) is 35.1 Å². The Balaban J connectivity index is 0.832. The monoisotopic (exact) mass is 996 g/mol. The molecule has 378 valence electrons. The topological polar surface area (TPSA) is 84.5 Å². The van der Waals surface area contributed by atoms with Gasteiger partial charge in [0.25, 0.3) is 0 Å². The minimum Gasteiger partial charge on any atom is -0.494 e. The predicted molar refractivity (Wildman–Crippen MR) is 261 cm³/mol. The molecule has 0 aliphatic heterocycles. The van der Waals surface area contributed by atoms with Crippen LogP contribution in [-0.4, -0.2) is 26.4 Å². The van der Waals surface area contributed by atoms with Gasteiger partial charge in [0.1, 0.15) is 11.5 Å². The number of hydrogen-bond donors (Lipinski definition) is 0. The summed E-state index contributed by atoms with van der Waals surface area (Å²) in [6, 6.07) is 34.4. The van der Waals surface area contributed by atoms with Gasteiger partial charge in [0, 0.05) is 0 Å². The number of ether oxygens (including phenoxy) is 4. The van der Waals surface area contributed by atoms with Crippen LogP contribution in [0.5, 0.6) is 23.0 Å². The van der Waals surface area contributed by atoms with Gasteiger partial charge in [-0.1, -0.05) is 126 Å². The Bertz CT molecular complexity index is 2510. The van der Waals surface area contributed by atoms with Crippen molar-refractivity contribution in [2.75, 3.05) is 26.4 Å². The molecule has 0 atom stereocenters. The van der Waals surface area contributed by atoms with Gasteiger partial charge in [0.05, 0.1) is 60.8 Å². The molecule has 0 aliphatic rings. The molecule has 14 heteroatoms. The van der Waals surface area contributed by atoms with Crippen molar-refractivity contribution in [3.63, 3.8) is 0 Å². The van der Waals surface area contributed by atoms with Crippen molar-refractivity contribution in [3.05, 3.63) is 155 Å². The van der Waals surface area contributed by atoms with Gasteiger partial charge in [-0.15, -0.1) is 0 Å². The maximum absolute atomic E-state index is 15.2. The summed E-state index contributed by atoms with van der Waals surface area (Å²) >= 11 is 0. The first-order valence-electron chi connectivity index (χ1n) is 24.5. The van der Waals surface area contributed by atoms with Crippen molar-refractivity contribution in [2.24, 2.45) is 0 Å². The number of hydrogen-bond acceptors (Lipinski definition) is 6. The number of nitrogens with zero attached hydrogens (tertiary/aromatic N) is 2. The van der Waals surface area contributed by atoms with Crippen LogP contribution in [0.1, 0.15) is 114 Å². The number of rotatable bonds is 29. The molecule has 0 heterocycles. The highest BCUT2D eigenvalue weighted by atomic mass is 19.2. The largest absolute Gasteiger partial charge is 0.494 e. The summed E-state index contributed by atoms with van der Waals surface area (Å²) in [7, 11) is 0. The highest BCUT2D eigenvalue weighted by Gasteiger charge is 2.35. The van der Waals surface area contributed by atoms with Crippen molar-refractivity contribution in [1.82, 2.24) is 0 Å². The zero-order valence-electron chi connectivity index (χ0n) is 39.9. The average molecular weight is 997 g/mol. The van der Waals surface area contributed by atoms with Crippen LogP contribution in [-0.2, 0) is 0 Å². The molecule has 0 aromatic heterocycles. The number of unbranched alkanes of at least 4 members (excludes halogenated alkanes) is 14. The standard InChI is InChI=1S/C58H56F8N2O4/c59-49-47(50(60)54(64)57(53(49)63)71-35-15-11-7-3-1-5-9-13-33-69-45-29-25-43(26-30-45)41-21-17-39(37-67)18-22-41)48-51(61)55(65)58(56(66)52(48)62)72-36-16-12-8-4-2-6-10-14-34-70-46-31-27-44(28-32-46)42-23-19-40(38-68)20-24-42/h17-32H,1-16,33-36H2. The number of halogens is 8. The Labute approximate surface area is 415 Å². The molecular weight excluding hydrogens is 941 g/mol. The molecule has 0 spiro atoms. The molecule has 6 nitrogen and oxygen atoms in total. The smallest absolute Gasteiger partial charge is 0.204 e. The fraction of sp³-hybridized carbons (Fsp3) is 0.345. The minimum atomic E-state index is -2.28. The van der Waals surface area contributed by atoms with Gasteiger partial charge >= 0.3 is 0 Å². The maximum Gasteiger partial charge on any atom is 0.204 e. The molecule has 6 rings (SSSR count). The van der Waals surface area contributed by atoms with E-state index in [1.165, 1.54) is 0 Å². The summed E-state index contributed by atoms with van der Waals surface area (Å²) in [5, 5.41) is 18.0. The highest BCUT2D eigenvalue weighted by Crippen LogP contribution is 2.42. The molecular formula is C58H56F8N2O4. The van der Waals surface area contributed by atoms with Gasteiger partial charge in [0.2, 0.25) is 23.3 Å². The highest BCUT2D eigenvalue weighted by molar-refractivity contribution is 5.70. The zero-order valence-corrected chi connectivity index (χ0v) is 39.9. The van der Waals surface area contributed by atoms with Crippen molar-refractivity contribution in [3.8, 4) is 68.5 Å². The molecule has 6 aromatic carbocycles. The molecule has 0 bridgehead atoms. The molecule has 0 saturated heterocycles. The second-order valence-corrected chi connectivity index (χ2v) is 17.4. The first-order valence-corrected chi connectivity index (χ1v) is 24.5. The van der Waals surface area contributed by atoms with E-state index in [-0.39, 0.29) is 26.1 Å². The van der Waals surface area contributed by atoms with Crippen LogP contribution in [0.3, 0.4) is 0 Å². The Morgan fingerprint density at radius 3 is 0.750 bits per heavy atom. The van der Waals surface area contributed by atoms with E-state index in [4.69, 9.17) is 29.5 Å². The first kappa shape index (κ1) is 54.3. The molecule has 0 N–H and O–H groups in total. The molecule has 0 unspecified atom stereocenters. The van der Waals surface area contributed by atoms with Crippen LogP contribution < -0.4 is 18.9 Å². The first-order chi connectivity index (χ1) is 35.0. The third-order valence-electron chi connectivity index (χ3n) is 12.2. The summed E-state index contributed by atoms with van der Waals surface area (Å²) in [4.78, 5) is 0. The van der Waals surface area contributed by atoms with Gasteiger partial charge < -0.3 is 18.9 Å². The average Bonchev–Trinajstić information content (AvgIpc) is 3.41. The normalized spacial score (nSPS) is 11.0. The molecule has 6 aromatic rings. The number of benzene rings is 6. The van der Waals surface area contributed by atoms with E-state index < -0.39 is 69.2 Å². The molecule has 0 radical (unpaired) electrons. The lowest BCUT2D eigenvalue weighted by molar-refractivity contribution is 0.261. The third-order valence-corrected chi connectivity index (χ3v) is 12.2. The maximum atomic E-state index is 15.2. The van der Waals surface area contributed by atoms with E-state index in [1.807, 2.05) is 72.8 Å². The Kier molecular flexibility index (Phi) is 21.2. The minimum absolute atomic E-state index is 0.279. The lowest BCUT2D eigenvalue weighted by Gasteiger charge is -2.16. The van der Waals surface area contributed by atoms with Crippen molar-refractivity contribution < 1.29 is 54.1 Å². The zero-order chi connectivity index (χ0) is 51.2. The lowest BCUT2D eigenvalue weighted by Crippen LogP contribution is -2.11. The fourth-order valence-corrected chi connectivity index (χ4v) is 8.14. The Morgan fingerprint density at radius 1 is 0.278 bits per heavy atom. The van der Waals surface area contributed by atoms with E-state index in [1.54, 1.807) is 24.3 Å². The molecule has 0 amide bonds. The third kappa shape index (κ3) is 15.0. The van der Waals surface area contributed by atoms with Crippen molar-refractivity contribution >= 4 is 0 Å². The number of nitriles is 2. The van der Waals surface area contributed by atoms with E-state index in [9.17, 15) is 0 Å². The Hall–Kier alpha value is -7.06.